The average molecular weight is 785 g/mol. The zero-order valence-electron chi connectivity index (χ0n) is 32.4. The number of esters is 2. The van der Waals surface area contributed by atoms with E-state index in [9.17, 15) is 28.8 Å². The molecule has 3 N–H and O–H groups in total. The number of benzene rings is 3. The van der Waals surface area contributed by atoms with Gasteiger partial charge in [-0.2, -0.15) is 0 Å². The van der Waals surface area contributed by atoms with Crippen molar-refractivity contribution in [3.8, 4) is 17.1 Å². The molecule has 57 heavy (non-hydrogen) atoms. The van der Waals surface area contributed by atoms with Crippen molar-refractivity contribution >= 4 is 36.1 Å². The lowest BCUT2D eigenvalue weighted by Crippen LogP contribution is -2.48. The summed E-state index contributed by atoms with van der Waals surface area (Å²) in [7, 11) is 2.29. The maximum absolute atomic E-state index is 13.7. The summed E-state index contributed by atoms with van der Waals surface area (Å²) in [4.78, 5) is 82.2. The van der Waals surface area contributed by atoms with Gasteiger partial charge < -0.3 is 34.6 Å². The first kappa shape index (κ1) is 43.3. The summed E-state index contributed by atoms with van der Waals surface area (Å²) in [5.41, 5.74) is 2.45. The third-order valence-corrected chi connectivity index (χ3v) is 9.00. The standard InChI is InChI=1S/C42H48N4O11/c1-5-34(46(27-47)56-25-29-15-11-8-12-16-29)31(19-17-28-13-9-7-10-14-28)39(49)43-26-44-41(51)36-22-21-35(57-36)30-18-20-32(37(23-30)55-6-2)40(50)45-33(42(52)54-4)24-38(48)53-3/h7-16,18,20-23,27,31,33-34H,5-6,17,19,24-26H2,1-4H3,(H,43,49)(H,44,51)(H,45,50)/t31-,33?,34-/m1/s1. The van der Waals surface area contributed by atoms with E-state index < -0.39 is 48.2 Å². The van der Waals surface area contributed by atoms with Gasteiger partial charge in [-0.05, 0) is 61.6 Å². The molecular weight excluding hydrogens is 736 g/mol. The number of carbonyl (C=O) groups is 6. The van der Waals surface area contributed by atoms with Crippen LogP contribution in [-0.2, 0) is 46.5 Å². The Morgan fingerprint density at radius 2 is 1.53 bits per heavy atom. The molecule has 1 aromatic heterocycles. The maximum atomic E-state index is 13.7. The fraction of sp³-hybridized carbons (Fsp3) is 0.333. The van der Waals surface area contributed by atoms with Crippen LogP contribution in [0.2, 0.25) is 0 Å². The first-order valence-electron chi connectivity index (χ1n) is 18.4. The second-order valence-electron chi connectivity index (χ2n) is 12.7. The van der Waals surface area contributed by atoms with Gasteiger partial charge in [0.2, 0.25) is 12.3 Å². The molecule has 4 rings (SSSR count). The molecule has 4 aromatic rings. The monoisotopic (exact) mass is 784 g/mol. The number of nitrogens with zero attached hydrogens (tertiary/aromatic N) is 1. The Kier molecular flexibility index (Phi) is 16.8. The van der Waals surface area contributed by atoms with Gasteiger partial charge in [-0.1, -0.05) is 73.7 Å². The van der Waals surface area contributed by atoms with E-state index in [1.54, 1.807) is 25.1 Å². The summed E-state index contributed by atoms with van der Waals surface area (Å²) < 4.78 is 20.9. The highest BCUT2D eigenvalue weighted by Gasteiger charge is 2.32. The molecule has 0 fully saturated rings. The van der Waals surface area contributed by atoms with Gasteiger partial charge in [-0.15, -0.1) is 0 Å². The molecule has 15 nitrogen and oxygen atoms in total. The number of hydrogen-bond donors (Lipinski definition) is 3. The molecule has 1 heterocycles. The van der Waals surface area contributed by atoms with Crippen LogP contribution in [0.25, 0.3) is 11.3 Å². The molecule has 1 unspecified atom stereocenters. The molecule has 0 aliphatic carbocycles. The van der Waals surface area contributed by atoms with Crippen LogP contribution in [0.4, 0.5) is 0 Å². The first-order valence-corrected chi connectivity index (χ1v) is 18.4. The number of methoxy groups -OCH3 is 2. The zero-order valence-corrected chi connectivity index (χ0v) is 32.4. The quantitative estimate of drug-likeness (QED) is 0.0437. The first-order chi connectivity index (χ1) is 27.6. The van der Waals surface area contributed by atoms with Crippen LogP contribution in [0, 0.1) is 5.92 Å². The van der Waals surface area contributed by atoms with Crippen LogP contribution >= 0.6 is 0 Å². The number of aryl methyl sites for hydroxylation is 1. The van der Waals surface area contributed by atoms with E-state index in [2.05, 4.69) is 20.7 Å². The summed E-state index contributed by atoms with van der Waals surface area (Å²) in [5, 5.41) is 9.11. The Balaban J connectivity index is 1.42. The lowest BCUT2D eigenvalue weighted by molar-refractivity contribution is -0.200. The van der Waals surface area contributed by atoms with E-state index in [0.29, 0.717) is 31.2 Å². The molecule has 0 bridgehead atoms. The number of ether oxygens (including phenoxy) is 3. The van der Waals surface area contributed by atoms with Crippen molar-refractivity contribution in [2.45, 2.75) is 58.2 Å². The molecule has 15 heteroatoms. The Hall–Kier alpha value is -6.48. The maximum Gasteiger partial charge on any atom is 0.328 e. The third-order valence-electron chi connectivity index (χ3n) is 9.00. The number of hydroxylamine groups is 2. The molecule has 0 aliphatic heterocycles. The minimum absolute atomic E-state index is 0.0451. The van der Waals surface area contributed by atoms with Gasteiger partial charge in [-0.25, -0.2) is 9.86 Å². The van der Waals surface area contributed by atoms with Crippen LogP contribution in [0.3, 0.4) is 0 Å². The molecule has 3 aromatic carbocycles. The lowest BCUT2D eigenvalue weighted by atomic mass is 9.90. The molecule has 0 aliphatic rings. The zero-order chi connectivity index (χ0) is 41.2. The smallest absolute Gasteiger partial charge is 0.328 e. The second-order valence-corrected chi connectivity index (χ2v) is 12.7. The van der Waals surface area contributed by atoms with Crippen LogP contribution in [0.5, 0.6) is 5.75 Å². The van der Waals surface area contributed by atoms with Crippen molar-refractivity contribution in [2.24, 2.45) is 5.92 Å². The Morgan fingerprint density at radius 1 is 0.825 bits per heavy atom. The molecule has 0 radical (unpaired) electrons. The third kappa shape index (κ3) is 12.5. The van der Waals surface area contributed by atoms with Gasteiger partial charge in [0, 0.05) is 5.56 Å². The minimum Gasteiger partial charge on any atom is -0.493 e. The average Bonchev–Trinajstić information content (AvgIpc) is 3.74. The molecule has 302 valence electrons. The van der Waals surface area contributed by atoms with Crippen molar-refractivity contribution in [1.29, 1.82) is 0 Å². The van der Waals surface area contributed by atoms with Gasteiger partial charge in [0.1, 0.15) is 24.2 Å². The van der Waals surface area contributed by atoms with Crippen LogP contribution in [-0.4, -0.2) is 80.7 Å². The van der Waals surface area contributed by atoms with E-state index in [1.165, 1.54) is 17.2 Å². The van der Waals surface area contributed by atoms with Gasteiger partial charge >= 0.3 is 11.9 Å². The second kappa shape index (κ2) is 22.2. The highest BCUT2D eigenvalue weighted by molar-refractivity contribution is 6.00. The van der Waals surface area contributed by atoms with Crippen molar-refractivity contribution in [1.82, 2.24) is 21.0 Å². The Bertz CT molecular complexity index is 1950. The number of furan rings is 1. The predicted octanol–water partition coefficient (Wildman–Crippen LogP) is 4.60. The van der Waals surface area contributed by atoms with E-state index in [-0.39, 0.29) is 48.6 Å². The highest BCUT2D eigenvalue weighted by atomic mass is 16.7. The number of amides is 4. The summed E-state index contributed by atoms with van der Waals surface area (Å²) in [6.07, 6.45) is 1.57. The summed E-state index contributed by atoms with van der Waals surface area (Å²) in [6.45, 7) is 3.72. The Morgan fingerprint density at radius 3 is 2.16 bits per heavy atom. The summed E-state index contributed by atoms with van der Waals surface area (Å²) in [5.74, 6) is -3.49. The molecular formula is C42H48N4O11. The fourth-order valence-corrected chi connectivity index (χ4v) is 6.04. The molecule has 0 saturated heterocycles. The Labute approximate surface area is 330 Å². The molecule has 0 saturated carbocycles. The van der Waals surface area contributed by atoms with E-state index in [0.717, 1.165) is 25.3 Å². The van der Waals surface area contributed by atoms with Crippen LogP contribution in [0.1, 0.15) is 65.1 Å². The fourth-order valence-electron chi connectivity index (χ4n) is 6.04. The number of carbonyl (C=O) groups excluding carboxylic acids is 6. The number of nitrogens with one attached hydrogen (secondary N) is 3. The number of rotatable bonds is 22. The van der Waals surface area contributed by atoms with Gasteiger partial charge in [0.25, 0.3) is 11.8 Å². The lowest BCUT2D eigenvalue weighted by Gasteiger charge is -2.32. The van der Waals surface area contributed by atoms with Gasteiger partial charge in [0.05, 0.1) is 51.4 Å². The summed E-state index contributed by atoms with van der Waals surface area (Å²) >= 11 is 0. The van der Waals surface area contributed by atoms with E-state index in [1.807, 2.05) is 67.6 Å². The largest absolute Gasteiger partial charge is 0.493 e. The van der Waals surface area contributed by atoms with Gasteiger partial charge in [0.15, 0.2) is 5.76 Å². The topological polar surface area (TPSA) is 192 Å². The predicted molar refractivity (Wildman–Crippen MR) is 207 cm³/mol. The van der Waals surface area contributed by atoms with Crippen LogP contribution < -0.4 is 20.7 Å². The minimum atomic E-state index is -1.29. The van der Waals surface area contributed by atoms with Gasteiger partial charge in [-0.3, -0.25) is 28.8 Å². The molecule has 4 amide bonds. The normalized spacial score (nSPS) is 12.3. The highest BCUT2D eigenvalue weighted by Crippen LogP contribution is 2.29. The van der Waals surface area contributed by atoms with Crippen molar-refractivity contribution < 1.29 is 52.2 Å². The molecule has 0 spiro atoms. The SMILES string of the molecule is CCOc1cc(-c2ccc(C(=O)NCNC(=O)[C@H](CCc3ccccc3)[C@@H](CC)N(C=O)OCc3ccccc3)o2)ccc1C(=O)NC(CC(=O)OC)C(=O)OC. The van der Waals surface area contributed by atoms with Crippen molar-refractivity contribution in [3.05, 3.63) is 113 Å². The van der Waals surface area contributed by atoms with E-state index >= 15 is 0 Å². The van der Waals surface area contributed by atoms with Crippen molar-refractivity contribution in [2.75, 3.05) is 27.5 Å². The summed E-state index contributed by atoms with van der Waals surface area (Å²) in [6, 6.07) is 24.8. The van der Waals surface area contributed by atoms with Crippen molar-refractivity contribution in [3.63, 3.8) is 0 Å². The van der Waals surface area contributed by atoms with E-state index in [4.69, 9.17) is 18.7 Å². The molecule has 3 atom stereocenters. The van der Waals surface area contributed by atoms with Crippen LogP contribution in [0.15, 0.2) is 95.4 Å². The number of hydrogen-bond acceptors (Lipinski definition) is 11.